The maximum atomic E-state index is 13.1. The predicted octanol–water partition coefficient (Wildman–Crippen LogP) is 5.09. The van der Waals surface area contributed by atoms with Crippen molar-refractivity contribution in [1.82, 2.24) is 9.78 Å². The van der Waals surface area contributed by atoms with E-state index in [9.17, 15) is 39.6 Å². The highest BCUT2D eigenvalue weighted by atomic mass is 32.2. The van der Waals surface area contributed by atoms with Crippen LogP contribution < -0.4 is 19.2 Å². The van der Waals surface area contributed by atoms with Gasteiger partial charge in [0.25, 0.3) is 11.4 Å². The molecular weight excluding hydrogens is 546 g/mol. The molecule has 4 rings (SSSR count). The Kier molecular flexibility index (Phi) is 6.97. The summed E-state index contributed by atoms with van der Waals surface area (Å²) in [5.41, 5.74) is -6.23. The summed E-state index contributed by atoms with van der Waals surface area (Å²) in [5.74, 6) is -1.70. The topological polar surface area (TPSA) is 96.7 Å². The summed E-state index contributed by atoms with van der Waals surface area (Å²) in [7, 11) is -6.21. The summed E-state index contributed by atoms with van der Waals surface area (Å²) >= 11 is 0. The van der Waals surface area contributed by atoms with Crippen LogP contribution in [0.5, 0.6) is 17.4 Å². The van der Waals surface area contributed by atoms with E-state index < -0.39 is 44.6 Å². The lowest BCUT2D eigenvalue weighted by Crippen LogP contribution is -2.30. The predicted molar refractivity (Wildman–Crippen MR) is 120 cm³/mol. The van der Waals surface area contributed by atoms with Crippen LogP contribution in [0.1, 0.15) is 5.56 Å². The highest BCUT2D eigenvalue weighted by molar-refractivity contribution is 7.88. The van der Waals surface area contributed by atoms with Gasteiger partial charge in [-0.05, 0) is 48.0 Å². The summed E-state index contributed by atoms with van der Waals surface area (Å²) in [5, 5.41) is 2.89. The molecule has 0 spiro atoms. The largest absolute Gasteiger partial charge is 0.573 e. The van der Waals surface area contributed by atoms with Gasteiger partial charge < -0.3 is 13.7 Å². The maximum Gasteiger partial charge on any atom is 0.573 e. The zero-order chi connectivity index (χ0) is 27.7. The van der Waals surface area contributed by atoms with Crippen LogP contribution in [0, 0.1) is 0 Å². The van der Waals surface area contributed by atoms with Crippen LogP contribution >= 0.6 is 0 Å². The minimum atomic E-state index is -6.21. The van der Waals surface area contributed by atoms with Crippen LogP contribution in [0.25, 0.3) is 16.5 Å². The van der Waals surface area contributed by atoms with Gasteiger partial charge in [0.2, 0.25) is 0 Å². The lowest BCUT2D eigenvalue weighted by molar-refractivity contribution is -0.274. The fourth-order valence-corrected chi connectivity index (χ4v) is 3.62. The van der Waals surface area contributed by atoms with Crippen molar-refractivity contribution in [1.29, 1.82) is 0 Å². The van der Waals surface area contributed by atoms with E-state index in [1.807, 2.05) is 0 Å². The Morgan fingerprint density at radius 2 is 1.45 bits per heavy atom. The van der Waals surface area contributed by atoms with Crippen LogP contribution in [-0.2, 0) is 16.7 Å². The van der Waals surface area contributed by atoms with E-state index in [4.69, 9.17) is 4.74 Å². The minimum absolute atomic E-state index is 0.0419. The summed E-state index contributed by atoms with van der Waals surface area (Å²) in [6, 6.07) is 15.9. The Balaban J connectivity index is 1.80. The third-order valence-electron chi connectivity index (χ3n) is 4.87. The number of benzene rings is 3. The van der Waals surface area contributed by atoms with Gasteiger partial charge in [-0.3, -0.25) is 4.79 Å². The van der Waals surface area contributed by atoms with Crippen LogP contribution in [-0.4, -0.2) is 30.1 Å². The van der Waals surface area contributed by atoms with Crippen LogP contribution in [0.4, 0.5) is 26.3 Å². The molecule has 0 radical (unpaired) electrons. The average molecular weight is 560 g/mol. The quantitative estimate of drug-likeness (QED) is 0.177. The van der Waals surface area contributed by atoms with E-state index in [1.54, 1.807) is 30.3 Å². The van der Waals surface area contributed by atoms with Crippen molar-refractivity contribution in [2.45, 2.75) is 18.5 Å². The molecule has 3 aromatic carbocycles. The van der Waals surface area contributed by atoms with Crippen LogP contribution in [0.2, 0.25) is 0 Å². The minimum Gasteiger partial charge on any atom is -0.489 e. The molecular formula is C23H14F6N2O6S. The van der Waals surface area contributed by atoms with Crippen molar-refractivity contribution in [2.75, 3.05) is 0 Å². The monoisotopic (exact) mass is 560 g/mol. The molecule has 0 N–H and O–H groups in total. The van der Waals surface area contributed by atoms with Crippen molar-refractivity contribution in [3.8, 4) is 23.1 Å². The highest BCUT2D eigenvalue weighted by Gasteiger charge is 2.49. The molecule has 8 nitrogen and oxygen atoms in total. The van der Waals surface area contributed by atoms with Gasteiger partial charge in [0, 0.05) is 0 Å². The second-order valence-electron chi connectivity index (χ2n) is 7.53. The summed E-state index contributed by atoms with van der Waals surface area (Å²) < 4.78 is 114. The van der Waals surface area contributed by atoms with Gasteiger partial charge in [-0.15, -0.1) is 18.3 Å². The molecule has 0 aliphatic rings. The number of hydrogen-bond donors (Lipinski definition) is 0. The van der Waals surface area contributed by atoms with Crippen LogP contribution in [0.3, 0.4) is 0 Å². The molecule has 38 heavy (non-hydrogen) atoms. The molecule has 4 aromatic rings. The van der Waals surface area contributed by atoms with Gasteiger partial charge in [-0.2, -0.15) is 26.3 Å². The lowest BCUT2D eigenvalue weighted by Gasteiger charge is -2.14. The highest BCUT2D eigenvalue weighted by Crippen LogP contribution is 2.32. The Morgan fingerprint density at radius 1 is 0.816 bits per heavy atom. The number of hydrogen-bond acceptors (Lipinski definition) is 7. The first kappa shape index (κ1) is 26.8. The van der Waals surface area contributed by atoms with Gasteiger partial charge in [-0.25, -0.2) is 0 Å². The fourth-order valence-electron chi connectivity index (χ4n) is 3.20. The Bertz CT molecular complexity index is 1620. The lowest BCUT2D eigenvalue weighted by atomic mass is 10.1. The number of fused-ring (bicyclic) bond motifs is 1. The van der Waals surface area contributed by atoms with E-state index in [-0.39, 0.29) is 23.4 Å². The SMILES string of the molecule is O=c1c2ccc(OCc3ccccc3)cc2c(OS(=O)(=O)C(F)(F)F)nn1-c1ccc(OC(F)(F)F)cc1. The van der Waals surface area contributed by atoms with Crippen molar-refractivity contribution in [3.63, 3.8) is 0 Å². The second-order valence-corrected chi connectivity index (χ2v) is 9.07. The Hall–Kier alpha value is -4.27. The third kappa shape index (κ3) is 5.99. The summed E-state index contributed by atoms with van der Waals surface area (Å²) in [4.78, 5) is 13.1. The first-order valence-corrected chi connectivity index (χ1v) is 11.8. The molecule has 0 amide bonds. The Morgan fingerprint density at radius 3 is 2.05 bits per heavy atom. The van der Waals surface area contributed by atoms with Gasteiger partial charge in [0.15, 0.2) is 0 Å². The summed E-state index contributed by atoms with van der Waals surface area (Å²) in [6.07, 6.45) is -4.99. The van der Waals surface area contributed by atoms with Gasteiger partial charge in [-0.1, -0.05) is 30.3 Å². The second kappa shape index (κ2) is 9.89. The van der Waals surface area contributed by atoms with Gasteiger partial charge >= 0.3 is 22.0 Å². The number of nitrogens with zero attached hydrogens (tertiary/aromatic N) is 2. The third-order valence-corrected chi connectivity index (χ3v) is 5.81. The zero-order valence-electron chi connectivity index (χ0n) is 18.7. The average Bonchev–Trinajstić information content (AvgIpc) is 2.84. The number of halogens is 6. The molecule has 0 saturated heterocycles. The molecule has 0 fully saturated rings. The first-order valence-electron chi connectivity index (χ1n) is 10.3. The van der Waals surface area contributed by atoms with E-state index in [1.165, 1.54) is 6.07 Å². The Labute approximate surface area is 209 Å². The van der Waals surface area contributed by atoms with Crippen molar-refractivity contribution < 1.29 is 48.4 Å². The molecule has 0 atom stereocenters. The van der Waals surface area contributed by atoms with E-state index in [2.05, 4.69) is 14.0 Å². The molecule has 0 aliphatic carbocycles. The molecule has 1 heterocycles. The van der Waals surface area contributed by atoms with E-state index >= 15 is 0 Å². The molecule has 0 bridgehead atoms. The van der Waals surface area contributed by atoms with Gasteiger partial charge in [0.05, 0.1) is 16.5 Å². The van der Waals surface area contributed by atoms with Gasteiger partial charge in [0.1, 0.15) is 18.1 Å². The van der Waals surface area contributed by atoms with Crippen molar-refractivity contribution in [2.24, 2.45) is 0 Å². The number of ether oxygens (including phenoxy) is 2. The van der Waals surface area contributed by atoms with Crippen molar-refractivity contribution >= 4 is 20.9 Å². The normalized spacial score (nSPS) is 12.4. The number of rotatable bonds is 7. The fraction of sp³-hybridized carbons (Fsp3) is 0.130. The summed E-state index contributed by atoms with van der Waals surface area (Å²) in [6.45, 7) is 0.0419. The molecule has 200 valence electrons. The van der Waals surface area contributed by atoms with Crippen LogP contribution in [0.15, 0.2) is 77.6 Å². The number of aromatic nitrogens is 2. The zero-order valence-corrected chi connectivity index (χ0v) is 19.5. The van der Waals surface area contributed by atoms with E-state index in [0.717, 1.165) is 42.0 Å². The number of alkyl halides is 6. The van der Waals surface area contributed by atoms with Crippen molar-refractivity contribution in [3.05, 3.63) is 88.7 Å². The molecule has 0 unspecified atom stereocenters. The standard InChI is InChI=1S/C23H14F6N2O6S/c24-22(25,26)36-16-8-6-15(7-9-16)31-21(32)18-11-10-17(35-13-14-4-2-1-3-5-14)12-19(18)20(30-31)37-38(33,34)23(27,28)29/h1-12H,13H2. The first-order chi connectivity index (χ1) is 17.7. The van der Waals surface area contributed by atoms with E-state index in [0.29, 0.717) is 4.68 Å². The molecule has 0 saturated carbocycles. The maximum absolute atomic E-state index is 13.1. The molecule has 15 heteroatoms. The smallest absolute Gasteiger partial charge is 0.489 e. The molecule has 0 aliphatic heterocycles. The molecule has 1 aromatic heterocycles.